The summed E-state index contributed by atoms with van der Waals surface area (Å²) >= 11 is 0. The molecule has 0 amide bonds. The van der Waals surface area contributed by atoms with Gasteiger partial charge in [-0.05, 0) is 56.9 Å². The molecule has 0 atom stereocenters. The number of nitrogens with zero attached hydrogens (tertiary/aromatic N) is 2. The summed E-state index contributed by atoms with van der Waals surface area (Å²) < 4.78 is 12.4. The van der Waals surface area contributed by atoms with Crippen LogP contribution in [0.4, 0.5) is 5.69 Å². The molecule has 0 bridgehead atoms. The van der Waals surface area contributed by atoms with Crippen LogP contribution in [0.5, 0.6) is 11.5 Å². The molecule has 1 aliphatic rings. The second-order valence-corrected chi connectivity index (χ2v) is 8.07. The lowest BCUT2D eigenvalue weighted by Crippen LogP contribution is -2.29. The highest BCUT2D eigenvalue weighted by Crippen LogP contribution is 2.31. The van der Waals surface area contributed by atoms with E-state index in [0.29, 0.717) is 6.61 Å². The van der Waals surface area contributed by atoms with Gasteiger partial charge in [0.1, 0.15) is 18.1 Å². The molecular formula is C26H32N2O2. The Morgan fingerprint density at radius 3 is 2.63 bits per heavy atom. The second kappa shape index (κ2) is 9.84. The number of rotatable bonds is 8. The summed E-state index contributed by atoms with van der Waals surface area (Å²) in [4.78, 5) is 7.33. The zero-order valence-electron chi connectivity index (χ0n) is 18.2. The molecule has 2 aromatic carbocycles. The van der Waals surface area contributed by atoms with E-state index >= 15 is 0 Å². The standard InChI is InChI=1S/C26H32N2O2/c1-3-4-17-29-26-20(2)25(27-24-14-7-6-13-23(24)26)19-30-22-12-10-11-21(18-22)28-15-8-5-9-16-28/h6-7,10-14,18H,3-5,8-9,15-17,19H2,1-2H3. The molecule has 4 rings (SSSR count). The maximum Gasteiger partial charge on any atom is 0.133 e. The van der Waals surface area contributed by atoms with Crippen molar-refractivity contribution in [2.24, 2.45) is 0 Å². The van der Waals surface area contributed by atoms with Crippen LogP contribution in [0, 0.1) is 6.92 Å². The lowest BCUT2D eigenvalue weighted by molar-refractivity contribution is 0.293. The monoisotopic (exact) mass is 404 g/mol. The molecule has 0 spiro atoms. The van der Waals surface area contributed by atoms with Crippen molar-refractivity contribution in [3.63, 3.8) is 0 Å². The molecule has 158 valence electrons. The molecule has 1 fully saturated rings. The molecule has 1 aliphatic heterocycles. The minimum absolute atomic E-state index is 0.435. The number of ether oxygens (including phenoxy) is 2. The van der Waals surface area contributed by atoms with Crippen LogP contribution in [-0.4, -0.2) is 24.7 Å². The molecule has 0 unspecified atom stereocenters. The normalized spacial score (nSPS) is 14.1. The van der Waals surface area contributed by atoms with Gasteiger partial charge < -0.3 is 14.4 Å². The quantitative estimate of drug-likeness (QED) is 0.413. The topological polar surface area (TPSA) is 34.6 Å². The van der Waals surface area contributed by atoms with Gasteiger partial charge in [0, 0.05) is 35.8 Å². The molecule has 3 aromatic rings. The van der Waals surface area contributed by atoms with E-state index in [1.807, 2.05) is 24.3 Å². The Morgan fingerprint density at radius 2 is 1.80 bits per heavy atom. The molecule has 0 radical (unpaired) electrons. The summed E-state index contributed by atoms with van der Waals surface area (Å²) in [6.45, 7) is 7.69. The van der Waals surface area contributed by atoms with E-state index in [4.69, 9.17) is 14.5 Å². The highest BCUT2D eigenvalue weighted by atomic mass is 16.5. The fourth-order valence-corrected chi connectivity index (χ4v) is 4.04. The molecule has 0 N–H and O–H groups in total. The summed E-state index contributed by atoms with van der Waals surface area (Å²) in [5.41, 5.74) is 4.20. The first-order valence-corrected chi connectivity index (χ1v) is 11.2. The molecule has 0 saturated carbocycles. The number of aromatic nitrogens is 1. The molecule has 1 aromatic heterocycles. The third kappa shape index (κ3) is 4.69. The molecule has 1 saturated heterocycles. The number of fused-ring (bicyclic) bond motifs is 1. The van der Waals surface area contributed by atoms with E-state index in [0.717, 1.165) is 66.2 Å². The fraction of sp³-hybridized carbons (Fsp3) is 0.423. The van der Waals surface area contributed by atoms with E-state index in [9.17, 15) is 0 Å². The highest BCUT2D eigenvalue weighted by Gasteiger charge is 2.15. The zero-order chi connectivity index (χ0) is 20.8. The van der Waals surface area contributed by atoms with E-state index in [2.05, 4.69) is 43.0 Å². The van der Waals surface area contributed by atoms with Crippen molar-refractivity contribution in [2.45, 2.75) is 52.6 Å². The van der Waals surface area contributed by atoms with Crippen molar-refractivity contribution in [3.8, 4) is 11.5 Å². The van der Waals surface area contributed by atoms with Gasteiger partial charge in [0.05, 0.1) is 17.8 Å². The van der Waals surface area contributed by atoms with Gasteiger partial charge in [-0.2, -0.15) is 0 Å². The van der Waals surface area contributed by atoms with Crippen LogP contribution >= 0.6 is 0 Å². The number of anilines is 1. The van der Waals surface area contributed by atoms with Gasteiger partial charge in [-0.25, -0.2) is 4.98 Å². The zero-order valence-corrected chi connectivity index (χ0v) is 18.2. The summed E-state index contributed by atoms with van der Waals surface area (Å²) in [7, 11) is 0. The lowest BCUT2D eigenvalue weighted by atomic mass is 10.1. The van der Waals surface area contributed by atoms with Crippen molar-refractivity contribution in [3.05, 3.63) is 59.8 Å². The van der Waals surface area contributed by atoms with Crippen LogP contribution in [0.15, 0.2) is 48.5 Å². The van der Waals surface area contributed by atoms with Gasteiger partial charge in [0.15, 0.2) is 0 Å². The molecule has 30 heavy (non-hydrogen) atoms. The van der Waals surface area contributed by atoms with E-state index in [1.54, 1.807) is 0 Å². The first kappa shape index (κ1) is 20.5. The van der Waals surface area contributed by atoms with Gasteiger partial charge in [-0.15, -0.1) is 0 Å². The van der Waals surface area contributed by atoms with Crippen LogP contribution in [0.3, 0.4) is 0 Å². The van der Waals surface area contributed by atoms with Gasteiger partial charge in [0.2, 0.25) is 0 Å². The number of piperidine rings is 1. The summed E-state index contributed by atoms with van der Waals surface area (Å²) in [5, 5.41) is 1.07. The van der Waals surface area contributed by atoms with E-state index < -0.39 is 0 Å². The fourth-order valence-electron chi connectivity index (χ4n) is 4.04. The Labute approximate surface area is 179 Å². The third-order valence-electron chi connectivity index (χ3n) is 5.84. The number of para-hydroxylation sites is 1. The Kier molecular flexibility index (Phi) is 6.73. The van der Waals surface area contributed by atoms with Gasteiger partial charge in [-0.3, -0.25) is 0 Å². The van der Waals surface area contributed by atoms with Crippen molar-refractivity contribution in [2.75, 3.05) is 24.6 Å². The first-order chi connectivity index (χ1) is 14.8. The smallest absolute Gasteiger partial charge is 0.133 e. The number of hydrogen-bond donors (Lipinski definition) is 0. The first-order valence-electron chi connectivity index (χ1n) is 11.2. The number of benzene rings is 2. The van der Waals surface area contributed by atoms with Crippen molar-refractivity contribution >= 4 is 16.6 Å². The van der Waals surface area contributed by atoms with Crippen LogP contribution in [0.1, 0.15) is 50.3 Å². The van der Waals surface area contributed by atoms with Gasteiger partial charge in [-0.1, -0.05) is 31.5 Å². The third-order valence-corrected chi connectivity index (χ3v) is 5.84. The van der Waals surface area contributed by atoms with Gasteiger partial charge in [0.25, 0.3) is 0 Å². The summed E-state index contributed by atoms with van der Waals surface area (Å²) in [6.07, 6.45) is 6.04. The maximum absolute atomic E-state index is 6.19. The molecule has 4 heteroatoms. The van der Waals surface area contributed by atoms with Crippen molar-refractivity contribution in [1.29, 1.82) is 0 Å². The Morgan fingerprint density at radius 1 is 0.967 bits per heavy atom. The number of unbranched alkanes of at least 4 members (excludes halogenated alkanes) is 1. The minimum atomic E-state index is 0.435. The molecular weight excluding hydrogens is 372 g/mol. The van der Waals surface area contributed by atoms with Crippen LogP contribution < -0.4 is 14.4 Å². The predicted molar refractivity (Wildman–Crippen MR) is 124 cm³/mol. The second-order valence-electron chi connectivity index (χ2n) is 8.07. The Hall–Kier alpha value is -2.75. The SMILES string of the molecule is CCCCOc1c(C)c(COc2cccc(N3CCCCC3)c2)nc2ccccc12. The predicted octanol–water partition coefficient (Wildman–Crippen LogP) is 6.29. The molecule has 2 heterocycles. The van der Waals surface area contributed by atoms with Crippen molar-refractivity contribution in [1.82, 2.24) is 4.98 Å². The van der Waals surface area contributed by atoms with Crippen LogP contribution in [0.25, 0.3) is 10.9 Å². The minimum Gasteiger partial charge on any atom is -0.493 e. The number of hydrogen-bond acceptors (Lipinski definition) is 4. The van der Waals surface area contributed by atoms with Crippen LogP contribution in [-0.2, 0) is 6.61 Å². The lowest BCUT2D eigenvalue weighted by Gasteiger charge is -2.29. The Balaban J connectivity index is 1.54. The van der Waals surface area contributed by atoms with Crippen LogP contribution in [0.2, 0.25) is 0 Å². The molecule has 4 nitrogen and oxygen atoms in total. The average molecular weight is 405 g/mol. The number of pyridine rings is 1. The van der Waals surface area contributed by atoms with Gasteiger partial charge >= 0.3 is 0 Å². The largest absolute Gasteiger partial charge is 0.493 e. The van der Waals surface area contributed by atoms with Crippen molar-refractivity contribution < 1.29 is 9.47 Å². The Bertz CT molecular complexity index is 980. The summed E-state index contributed by atoms with van der Waals surface area (Å²) in [6, 6.07) is 16.6. The summed E-state index contributed by atoms with van der Waals surface area (Å²) in [5.74, 6) is 1.83. The average Bonchev–Trinajstić information content (AvgIpc) is 2.80. The maximum atomic E-state index is 6.19. The highest BCUT2D eigenvalue weighted by molar-refractivity contribution is 5.86. The molecule has 0 aliphatic carbocycles. The van der Waals surface area contributed by atoms with E-state index in [-0.39, 0.29) is 0 Å². The van der Waals surface area contributed by atoms with E-state index in [1.165, 1.54) is 24.9 Å².